The first-order chi connectivity index (χ1) is 13.1. The number of nitrogens with one attached hydrogen (secondary N) is 1. The van der Waals surface area contributed by atoms with Crippen molar-refractivity contribution in [1.29, 1.82) is 0 Å². The molecule has 2 unspecified atom stereocenters. The lowest BCUT2D eigenvalue weighted by atomic mass is 10.2. The van der Waals surface area contributed by atoms with Gasteiger partial charge in [-0.3, -0.25) is 4.79 Å². The van der Waals surface area contributed by atoms with E-state index in [0.717, 1.165) is 43.1 Å². The summed E-state index contributed by atoms with van der Waals surface area (Å²) >= 11 is 0. The van der Waals surface area contributed by atoms with Crippen molar-refractivity contribution >= 4 is 11.6 Å². The highest BCUT2D eigenvalue weighted by Crippen LogP contribution is 2.20. The van der Waals surface area contributed by atoms with E-state index in [4.69, 9.17) is 14.2 Å². The number of anilines is 1. The molecule has 2 aromatic carbocycles. The minimum absolute atomic E-state index is 0.156. The predicted molar refractivity (Wildman–Crippen MR) is 106 cm³/mol. The third-order valence-electron chi connectivity index (χ3n) is 4.60. The lowest BCUT2D eigenvalue weighted by Gasteiger charge is -2.13. The number of rotatable bonds is 8. The summed E-state index contributed by atoms with van der Waals surface area (Å²) in [5.41, 5.74) is 1.31. The number of ether oxygens (including phenoxy) is 3. The van der Waals surface area contributed by atoms with E-state index in [1.807, 2.05) is 43.3 Å². The van der Waals surface area contributed by atoms with Crippen LogP contribution in [0, 0.1) is 0 Å². The van der Waals surface area contributed by atoms with Crippen LogP contribution in [0.5, 0.6) is 11.5 Å². The quantitative estimate of drug-likeness (QED) is 0.734. The highest BCUT2D eigenvalue weighted by Gasteiger charge is 2.16. The Bertz CT molecular complexity index is 721. The summed E-state index contributed by atoms with van der Waals surface area (Å²) in [6.45, 7) is 5.48. The molecule has 3 rings (SSSR count). The summed E-state index contributed by atoms with van der Waals surface area (Å²) in [5.74, 6) is 1.39. The van der Waals surface area contributed by atoms with Gasteiger partial charge in [-0.1, -0.05) is 6.92 Å². The largest absolute Gasteiger partial charge is 0.491 e. The lowest BCUT2D eigenvalue weighted by Crippen LogP contribution is -2.16. The number of benzene rings is 2. The number of hydrogen-bond acceptors (Lipinski definition) is 4. The summed E-state index contributed by atoms with van der Waals surface area (Å²) < 4.78 is 17.0. The Balaban J connectivity index is 1.51. The van der Waals surface area contributed by atoms with Gasteiger partial charge in [0, 0.05) is 17.9 Å². The molecule has 0 saturated carbocycles. The molecule has 2 aromatic rings. The number of carbonyl (C=O) groups is 1. The standard InChI is InChI=1S/C22H27NO4/c1-3-16(2)27-20-12-8-18(9-13-20)23-22(24)17-6-10-19(11-7-17)26-15-21-5-4-14-25-21/h6-13,16,21H,3-5,14-15H2,1-2H3,(H,23,24). The van der Waals surface area contributed by atoms with Crippen LogP contribution in [0.2, 0.25) is 0 Å². The summed E-state index contributed by atoms with van der Waals surface area (Å²) in [6, 6.07) is 14.6. The van der Waals surface area contributed by atoms with Gasteiger partial charge in [0.1, 0.15) is 18.1 Å². The van der Waals surface area contributed by atoms with E-state index in [-0.39, 0.29) is 18.1 Å². The van der Waals surface area contributed by atoms with Gasteiger partial charge >= 0.3 is 0 Å². The topological polar surface area (TPSA) is 56.8 Å². The monoisotopic (exact) mass is 369 g/mol. The zero-order valence-electron chi connectivity index (χ0n) is 15.9. The highest BCUT2D eigenvalue weighted by molar-refractivity contribution is 6.04. The van der Waals surface area contributed by atoms with Crippen molar-refractivity contribution in [3.05, 3.63) is 54.1 Å². The average molecular weight is 369 g/mol. The van der Waals surface area contributed by atoms with Gasteiger partial charge in [0.05, 0.1) is 12.2 Å². The van der Waals surface area contributed by atoms with Gasteiger partial charge in [-0.25, -0.2) is 0 Å². The van der Waals surface area contributed by atoms with Crippen molar-refractivity contribution in [2.45, 2.75) is 45.3 Å². The second-order valence-corrected chi connectivity index (χ2v) is 6.79. The molecule has 1 saturated heterocycles. The van der Waals surface area contributed by atoms with E-state index < -0.39 is 0 Å². The number of hydrogen-bond donors (Lipinski definition) is 1. The molecule has 1 amide bonds. The Morgan fingerprint density at radius 2 is 1.85 bits per heavy atom. The van der Waals surface area contributed by atoms with Crippen molar-refractivity contribution in [2.24, 2.45) is 0 Å². The molecule has 0 spiro atoms. The molecule has 0 bridgehead atoms. The van der Waals surface area contributed by atoms with Gasteiger partial charge in [-0.05, 0) is 74.7 Å². The van der Waals surface area contributed by atoms with E-state index in [2.05, 4.69) is 12.2 Å². The number of carbonyl (C=O) groups excluding carboxylic acids is 1. The van der Waals surface area contributed by atoms with Gasteiger partial charge < -0.3 is 19.5 Å². The maximum absolute atomic E-state index is 12.4. The van der Waals surface area contributed by atoms with Crippen molar-refractivity contribution in [3.63, 3.8) is 0 Å². The molecular weight excluding hydrogens is 342 g/mol. The first-order valence-corrected chi connectivity index (χ1v) is 9.56. The molecule has 1 aliphatic rings. The van der Waals surface area contributed by atoms with Crippen LogP contribution in [0.4, 0.5) is 5.69 Å². The Labute approximate surface area is 160 Å². The van der Waals surface area contributed by atoms with Crippen LogP contribution in [0.25, 0.3) is 0 Å². The summed E-state index contributed by atoms with van der Waals surface area (Å²) in [6.07, 6.45) is 3.44. The third kappa shape index (κ3) is 5.73. The molecule has 1 aliphatic heterocycles. The molecule has 0 radical (unpaired) electrons. The number of amides is 1. The van der Waals surface area contributed by atoms with Gasteiger partial charge in [0.25, 0.3) is 5.91 Å². The fourth-order valence-electron chi connectivity index (χ4n) is 2.80. The molecule has 1 fully saturated rings. The average Bonchev–Trinajstić information content (AvgIpc) is 3.22. The predicted octanol–water partition coefficient (Wildman–Crippen LogP) is 4.67. The highest BCUT2D eigenvalue weighted by atomic mass is 16.5. The second-order valence-electron chi connectivity index (χ2n) is 6.79. The Kier molecular flexibility index (Phi) is 6.71. The zero-order chi connectivity index (χ0) is 19.1. The van der Waals surface area contributed by atoms with E-state index in [0.29, 0.717) is 12.2 Å². The van der Waals surface area contributed by atoms with Gasteiger partial charge in [0.15, 0.2) is 0 Å². The summed E-state index contributed by atoms with van der Waals surface area (Å²) in [4.78, 5) is 12.4. The van der Waals surface area contributed by atoms with E-state index in [1.54, 1.807) is 12.1 Å². The van der Waals surface area contributed by atoms with Crippen LogP contribution in [0.15, 0.2) is 48.5 Å². The molecular formula is C22H27NO4. The molecule has 0 aliphatic carbocycles. The van der Waals surface area contributed by atoms with Crippen LogP contribution >= 0.6 is 0 Å². The molecule has 5 nitrogen and oxygen atoms in total. The van der Waals surface area contributed by atoms with E-state index in [9.17, 15) is 4.79 Å². The van der Waals surface area contributed by atoms with Crippen molar-refractivity contribution in [3.8, 4) is 11.5 Å². The molecule has 144 valence electrons. The first-order valence-electron chi connectivity index (χ1n) is 9.56. The normalized spacial score (nSPS) is 17.3. The van der Waals surface area contributed by atoms with Crippen LogP contribution in [-0.4, -0.2) is 31.3 Å². The molecule has 27 heavy (non-hydrogen) atoms. The van der Waals surface area contributed by atoms with Gasteiger partial charge in [-0.15, -0.1) is 0 Å². The fourth-order valence-corrected chi connectivity index (χ4v) is 2.80. The Hall–Kier alpha value is -2.53. The fraction of sp³-hybridized carbons (Fsp3) is 0.409. The third-order valence-corrected chi connectivity index (χ3v) is 4.60. The molecule has 1 heterocycles. The summed E-state index contributed by atoms with van der Waals surface area (Å²) in [7, 11) is 0. The molecule has 0 aromatic heterocycles. The maximum Gasteiger partial charge on any atom is 0.255 e. The van der Waals surface area contributed by atoms with Crippen LogP contribution < -0.4 is 14.8 Å². The maximum atomic E-state index is 12.4. The first kappa shape index (κ1) is 19.2. The van der Waals surface area contributed by atoms with Crippen LogP contribution in [0.3, 0.4) is 0 Å². The Morgan fingerprint density at radius 3 is 2.48 bits per heavy atom. The van der Waals surface area contributed by atoms with Gasteiger partial charge in [-0.2, -0.15) is 0 Å². The minimum Gasteiger partial charge on any atom is -0.491 e. The smallest absolute Gasteiger partial charge is 0.255 e. The van der Waals surface area contributed by atoms with Crippen molar-refractivity contribution < 1.29 is 19.0 Å². The lowest BCUT2D eigenvalue weighted by molar-refractivity contribution is 0.0679. The van der Waals surface area contributed by atoms with Crippen molar-refractivity contribution in [1.82, 2.24) is 0 Å². The molecule has 5 heteroatoms. The summed E-state index contributed by atoms with van der Waals surface area (Å²) in [5, 5.41) is 2.89. The second kappa shape index (κ2) is 9.42. The minimum atomic E-state index is -0.156. The van der Waals surface area contributed by atoms with Crippen molar-refractivity contribution in [2.75, 3.05) is 18.5 Å². The Morgan fingerprint density at radius 1 is 1.15 bits per heavy atom. The SMILES string of the molecule is CCC(C)Oc1ccc(NC(=O)c2ccc(OCC3CCCO3)cc2)cc1. The van der Waals surface area contributed by atoms with E-state index >= 15 is 0 Å². The molecule has 1 N–H and O–H groups in total. The van der Waals surface area contributed by atoms with Crippen LogP contribution in [0.1, 0.15) is 43.5 Å². The zero-order valence-corrected chi connectivity index (χ0v) is 15.9. The molecule has 2 atom stereocenters. The van der Waals surface area contributed by atoms with Crippen LogP contribution in [-0.2, 0) is 4.74 Å². The van der Waals surface area contributed by atoms with Gasteiger partial charge in [0.2, 0.25) is 0 Å². The van der Waals surface area contributed by atoms with E-state index in [1.165, 1.54) is 0 Å².